The fraction of sp³-hybridized carbons (Fsp3) is 0.440. The Balaban J connectivity index is 0.00000400. The molecule has 0 bridgehead atoms. The fourth-order valence-corrected chi connectivity index (χ4v) is 7.67. The molecule has 38 heavy (non-hydrogen) atoms. The molecule has 2 amide bonds. The molecule has 206 valence electrons. The quantitative estimate of drug-likeness (QED) is 0.124. The second-order valence-electron chi connectivity index (χ2n) is 9.54. The van der Waals surface area contributed by atoms with Gasteiger partial charge in [0.15, 0.2) is 4.34 Å². The van der Waals surface area contributed by atoms with E-state index in [-0.39, 0.29) is 41.0 Å². The Morgan fingerprint density at radius 2 is 2.08 bits per heavy atom. The van der Waals surface area contributed by atoms with Gasteiger partial charge in [-0.2, -0.15) is 0 Å². The monoisotopic (exact) mass is 616 g/mol. The van der Waals surface area contributed by atoms with Gasteiger partial charge in [0, 0.05) is 18.7 Å². The number of thioether (sulfide) groups is 2. The number of thiazole rings is 1. The molecule has 8 nitrogen and oxygen atoms in total. The number of allylic oxidation sites excluding steroid dienone is 2. The average Bonchev–Trinajstić information content (AvgIpc) is 3.28. The second-order valence-corrected chi connectivity index (χ2v) is 13.2. The molecule has 1 aromatic heterocycles. The number of rotatable bonds is 12. The van der Waals surface area contributed by atoms with Gasteiger partial charge in [-0.15, -0.1) is 35.5 Å². The van der Waals surface area contributed by atoms with E-state index in [9.17, 15) is 14.4 Å². The summed E-state index contributed by atoms with van der Waals surface area (Å²) in [7, 11) is 6.27. The lowest BCUT2D eigenvalue weighted by atomic mass is 10.0. The molecule has 0 spiro atoms. The molecule has 3 heterocycles. The van der Waals surface area contributed by atoms with Crippen LogP contribution < -0.4 is 10.6 Å². The number of aromatic nitrogens is 1. The predicted molar refractivity (Wildman–Crippen MR) is 160 cm³/mol. The van der Waals surface area contributed by atoms with E-state index >= 15 is 0 Å². The highest BCUT2D eigenvalue weighted by Gasteiger charge is 2.53. The molecule has 0 radical (unpaired) electrons. The molecule has 0 unspecified atom stereocenters. The van der Waals surface area contributed by atoms with Gasteiger partial charge < -0.3 is 15.1 Å². The minimum absolute atomic E-state index is 0. The summed E-state index contributed by atoms with van der Waals surface area (Å²) in [4.78, 5) is 43.8. The van der Waals surface area contributed by atoms with E-state index in [0.29, 0.717) is 5.75 Å². The predicted octanol–water partition coefficient (Wildman–Crippen LogP) is 3.47. The number of nitrogens with one attached hydrogen (secondary N) is 2. The smallest absolute Gasteiger partial charge is 0.269 e. The van der Waals surface area contributed by atoms with Gasteiger partial charge in [0.1, 0.15) is 17.1 Å². The number of fused-ring (bicyclic) bond motifs is 2. The third kappa shape index (κ3) is 7.32. The van der Waals surface area contributed by atoms with Crippen LogP contribution in [-0.4, -0.2) is 95.1 Å². The van der Waals surface area contributed by atoms with E-state index < -0.39 is 11.3 Å². The van der Waals surface area contributed by atoms with E-state index in [1.807, 2.05) is 43.5 Å². The number of amides is 2. The Kier molecular flexibility index (Phi) is 11.1. The highest BCUT2D eigenvalue weighted by Crippen LogP contribution is 2.41. The SMILES string of the molecule is CNCCC[N+](C)(C)C/C=C/C1=C(C(=O)Cl)N2C(=O)[C@@H](NC(=O)CSc3nc4ccccc4s3)[C@H]2SC1.Cl. The van der Waals surface area contributed by atoms with Crippen molar-refractivity contribution in [3.63, 3.8) is 0 Å². The minimum Gasteiger partial charge on any atom is -0.341 e. The van der Waals surface area contributed by atoms with Crippen molar-refractivity contribution >= 4 is 86.1 Å². The summed E-state index contributed by atoms with van der Waals surface area (Å²) in [5.74, 6) is 0.149. The van der Waals surface area contributed by atoms with Crippen LogP contribution >= 0.6 is 58.9 Å². The lowest BCUT2D eigenvalue weighted by Crippen LogP contribution is -2.70. The fourth-order valence-electron chi connectivity index (χ4n) is 4.26. The maximum Gasteiger partial charge on any atom is 0.269 e. The molecule has 1 aromatic carbocycles. The minimum atomic E-state index is -0.673. The summed E-state index contributed by atoms with van der Waals surface area (Å²) in [6, 6.07) is 7.15. The van der Waals surface area contributed by atoms with Gasteiger partial charge in [0.05, 0.1) is 43.2 Å². The maximum atomic E-state index is 13.0. The number of hydrogen-bond acceptors (Lipinski definition) is 8. The van der Waals surface area contributed by atoms with Crippen LogP contribution in [0.1, 0.15) is 6.42 Å². The van der Waals surface area contributed by atoms with Crippen LogP contribution in [0.4, 0.5) is 0 Å². The van der Waals surface area contributed by atoms with Crippen LogP contribution in [0.2, 0.25) is 0 Å². The van der Waals surface area contributed by atoms with Crippen molar-refractivity contribution < 1.29 is 18.9 Å². The van der Waals surface area contributed by atoms with Gasteiger partial charge in [-0.05, 0) is 42.4 Å². The zero-order valence-electron chi connectivity index (χ0n) is 21.4. The average molecular weight is 618 g/mol. The number of carbonyl (C=O) groups excluding carboxylic acids is 3. The van der Waals surface area contributed by atoms with Crippen molar-refractivity contribution in [2.24, 2.45) is 0 Å². The Hall–Kier alpha value is -1.60. The normalized spacial score (nSPS) is 19.4. The summed E-state index contributed by atoms with van der Waals surface area (Å²) in [5.41, 5.74) is 1.87. The number of hydrogen-bond donors (Lipinski definition) is 2. The first-order valence-corrected chi connectivity index (χ1v) is 15.2. The van der Waals surface area contributed by atoms with Crippen LogP contribution in [0.5, 0.6) is 0 Å². The number of β-lactam (4-membered cyclic amide) rings is 1. The highest BCUT2D eigenvalue weighted by molar-refractivity contribution is 8.01. The molecule has 0 saturated carbocycles. The number of benzene rings is 1. The summed E-state index contributed by atoms with van der Waals surface area (Å²) in [6.45, 7) is 2.78. The van der Waals surface area contributed by atoms with Gasteiger partial charge in [-0.25, -0.2) is 4.98 Å². The third-order valence-electron chi connectivity index (χ3n) is 6.21. The van der Waals surface area contributed by atoms with E-state index in [1.165, 1.54) is 39.8 Å². The van der Waals surface area contributed by atoms with Crippen molar-refractivity contribution in [1.82, 2.24) is 20.5 Å². The van der Waals surface area contributed by atoms with Crippen LogP contribution in [0.15, 0.2) is 52.0 Å². The molecule has 0 aliphatic carbocycles. The van der Waals surface area contributed by atoms with Crippen molar-refractivity contribution in [3.05, 3.63) is 47.7 Å². The van der Waals surface area contributed by atoms with Crippen LogP contribution in [0.3, 0.4) is 0 Å². The molecule has 2 atom stereocenters. The molecule has 1 saturated heterocycles. The van der Waals surface area contributed by atoms with Crippen molar-refractivity contribution in [2.75, 3.05) is 52.3 Å². The molecule has 2 aliphatic rings. The lowest BCUT2D eigenvalue weighted by molar-refractivity contribution is -0.884. The number of para-hydroxylation sites is 1. The summed E-state index contributed by atoms with van der Waals surface area (Å²) >= 11 is 10.3. The highest BCUT2D eigenvalue weighted by atomic mass is 35.5. The third-order valence-corrected chi connectivity index (χ3v) is 9.87. The Labute approximate surface area is 246 Å². The molecule has 2 aliphatic heterocycles. The molecule has 13 heteroatoms. The van der Waals surface area contributed by atoms with Gasteiger partial charge in [-0.1, -0.05) is 30.0 Å². The van der Waals surface area contributed by atoms with E-state index in [0.717, 1.165) is 50.7 Å². The molecule has 1 fully saturated rings. The molecule has 4 rings (SSSR count). The first-order valence-electron chi connectivity index (χ1n) is 12.0. The van der Waals surface area contributed by atoms with Gasteiger partial charge in [0.25, 0.3) is 11.1 Å². The molecule has 2 N–H and O–H groups in total. The van der Waals surface area contributed by atoms with Crippen LogP contribution in [0.25, 0.3) is 10.2 Å². The Bertz CT molecular complexity index is 1220. The standard InChI is InChI=1S/C25H30ClN5O3S3.ClH/c1-27-11-7-13-31(2,3)12-6-8-16-14-35-24-20(23(34)30(24)21(16)22(26)33)29-19(32)15-36-25-28-17-9-4-5-10-18(17)37-25;/h4-6,8-10,20,24,27H,7,11-15H2,1-3H3;1H/p+1/b8-6+;/t20-,24-;/m1./s1. The van der Waals surface area contributed by atoms with Crippen LogP contribution in [-0.2, 0) is 14.4 Å². The molecular formula is C25H32Cl2N5O3S3+. The zero-order valence-corrected chi connectivity index (χ0v) is 25.5. The van der Waals surface area contributed by atoms with Gasteiger partial charge in [-0.3, -0.25) is 19.3 Å². The van der Waals surface area contributed by atoms with Crippen molar-refractivity contribution in [1.29, 1.82) is 0 Å². The summed E-state index contributed by atoms with van der Waals surface area (Å²) in [5, 5.41) is 5.00. The van der Waals surface area contributed by atoms with Gasteiger partial charge in [0.2, 0.25) is 5.91 Å². The molecular weight excluding hydrogens is 585 g/mol. The summed E-state index contributed by atoms with van der Waals surface area (Å²) < 4.78 is 2.69. The largest absolute Gasteiger partial charge is 0.341 e. The zero-order chi connectivity index (χ0) is 26.6. The number of halogens is 2. The van der Waals surface area contributed by atoms with E-state index in [1.54, 1.807) is 0 Å². The number of nitrogens with zero attached hydrogens (tertiary/aromatic N) is 3. The first-order chi connectivity index (χ1) is 17.7. The number of likely N-dealkylation sites (N-methyl/N-ethyl adjacent to an activating group) is 1. The lowest BCUT2D eigenvalue weighted by Gasteiger charge is -2.49. The topological polar surface area (TPSA) is 91.4 Å². The summed E-state index contributed by atoms with van der Waals surface area (Å²) in [6.07, 6.45) is 5.01. The van der Waals surface area contributed by atoms with E-state index in [2.05, 4.69) is 29.7 Å². The maximum absolute atomic E-state index is 13.0. The Morgan fingerprint density at radius 3 is 2.79 bits per heavy atom. The number of carbonyl (C=O) groups is 3. The molecule has 2 aromatic rings. The van der Waals surface area contributed by atoms with Crippen LogP contribution in [0, 0.1) is 0 Å². The van der Waals surface area contributed by atoms with Gasteiger partial charge >= 0.3 is 0 Å². The van der Waals surface area contributed by atoms with Crippen molar-refractivity contribution in [2.45, 2.75) is 22.2 Å². The van der Waals surface area contributed by atoms with E-state index in [4.69, 9.17) is 11.6 Å². The first kappa shape index (κ1) is 30.9. The Morgan fingerprint density at radius 1 is 1.32 bits per heavy atom. The number of quaternary nitrogens is 1. The van der Waals surface area contributed by atoms with Crippen molar-refractivity contribution in [3.8, 4) is 0 Å². The second kappa shape index (κ2) is 13.6.